The third-order valence-electron chi connectivity index (χ3n) is 5.87. The number of amides is 1. The second-order valence-corrected chi connectivity index (χ2v) is 11.2. The van der Waals surface area contributed by atoms with E-state index in [9.17, 15) is 9.90 Å². The first kappa shape index (κ1) is 26.2. The lowest BCUT2D eigenvalue weighted by atomic mass is 9.90. The number of nitrogens with one attached hydrogen (secondary N) is 1. The van der Waals surface area contributed by atoms with Gasteiger partial charge < -0.3 is 29.1 Å². The number of carbonyl (C=O) groups is 1. The average Bonchev–Trinajstić information content (AvgIpc) is 3.21. The fraction of sp³-hybridized carbons (Fsp3) is 0.429. The van der Waals surface area contributed by atoms with Crippen molar-refractivity contribution in [2.45, 2.75) is 37.8 Å². The summed E-state index contributed by atoms with van der Waals surface area (Å²) >= 11 is 17.5. The number of hydrogen-bond acceptors (Lipinski definition) is 5. The molecule has 1 fully saturated rings. The van der Waals surface area contributed by atoms with Crippen LogP contribution in [0, 0.1) is 0 Å². The Kier molecular flexibility index (Phi) is 8.22. The first-order valence-electron chi connectivity index (χ1n) is 10.1. The van der Waals surface area contributed by atoms with Gasteiger partial charge in [0.05, 0.1) is 17.8 Å². The zero-order valence-electron chi connectivity index (χ0n) is 17.6. The van der Waals surface area contributed by atoms with Crippen LogP contribution in [0.15, 0.2) is 39.2 Å². The summed E-state index contributed by atoms with van der Waals surface area (Å²) in [7, 11) is 2.00. The molecule has 2 aliphatic rings. The van der Waals surface area contributed by atoms with Gasteiger partial charge in [-0.1, -0.05) is 23.2 Å². The van der Waals surface area contributed by atoms with Gasteiger partial charge in [0.2, 0.25) is 0 Å². The first-order valence-corrected chi connectivity index (χ1v) is 12.5. The van der Waals surface area contributed by atoms with E-state index in [1.807, 2.05) is 18.5 Å². The molecular formula is C21H24BrCl2IN4O2S. The van der Waals surface area contributed by atoms with Crippen LogP contribution in [0.2, 0.25) is 10.0 Å². The summed E-state index contributed by atoms with van der Waals surface area (Å²) in [4.78, 5) is 14.2. The Balaban J connectivity index is 0.00000289. The Bertz CT molecular complexity index is 1040. The second-order valence-electron chi connectivity index (χ2n) is 8.45. The topological polar surface area (TPSA) is 64.9 Å². The van der Waals surface area contributed by atoms with Crippen molar-refractivity contribution in [3.63, 3.8) is 0 Å². The highest BCUT2D eigenvalue weighted by Crippen LogP contribution is 2.46. The van der Waals surface area contributed by atoms with Gasteiger partial charge in [-0.3, -0.25) is 9.80 Å². The van der Waals surface area contributed by atoms with Crippen molar-refractivity contribution in [2.75, 3.05) is 25.1 Å². The van der Waals surface area contributed by atoms with E-state index in [1.165, 1.54) is 17.8 Å². The molecule has 11 heteroatoms. The summed E-state index contributed by atoms with van der Waals surface area (Å²) in [5, 5.41) is 20.7. The maximum atomic E-state index is 13.3. The van der Waals surface area contributed by atoms with E-state index in [0.29, 0.717) is 20.3 Å². The highest BCUT2D eigenvalue weighted by molar-refractivity contribution is 9.10. The van der Waals surface area contributed by atoms with E-state index in [0.717, 1.165) is 35.3 Å². The fourth-order valence-corrected chi connectivity index (χ4v) is 6.40. The Hall–Kier alpha value is -0.430. The Labute approximate surface area is 227 Å². The fourth-order valence-electron chi connectivity index (χ4n) is 4.26. The molecular weight excluding hydrogens is 650 g/mol. The molecule has 2 N–H and O–H groups in total. The number of rotatable bonds is 4. The van der Waals surface area contributed by atoms with Crippen LogP contribution in [0.4, 0.5) is 5.69 Å². The Morgan fingerprint density at radius 1 is 1.31 bits per heavy atom. The van der Waals surface area contributed by atoms with E-state index in [-0.39, 0.29) is 35.6 Å². The summed E-state index contributed by atoms with van der Waals surface area (Å²) in [5.74, 6) is -0.373. The molecule has 0 spiro atoms. The largest absolute Gasteiger partial charge is 1.00 e. The number of nitrogens with zero attached hydrogens (tertiary/aromatic N) is 3. The van der Waals surface area contributed by atoms with Crippen molar-refractivity contribution in [2.24, 2.45) is 5.10 Å². The lowest BCUT2D eigenvalue weighted by Crippen LogP contribution is -3.00. The third-order valence-corrected chi connectivity index (χ3v) is 8.15. The lowest BCUT2D eigenvalue weighted by Gasteiger charge is -2.37. The highest BCUT2D eigenvalue weighted by atomic mass is 127. The summed E-state index contributed by atoms with van der Waals surface area (Å²) in [6.45, 7) is 3.34. The van der Waals surface area contributed by atoms with Crippen LogP contribution in [0.1, 0.15) is 37.1 Å². The molecule has 6 nitrogen and oxygen atoms in total. The van der Waals surface area contributed by atoms with Gasteiger partial charge >= 0.3 is 5.91 Å². The number of benzene rings is 1. The van der Waals surface area contributed by atoms with E-state index in [2.05, 4.69) is 26.5 Å². The number of likely N-dealkylation sites (tertiary alicyclic amines) is 1. The SMILES string of the molecule is C[C@@]1(O)C(C(=O)N[N+]2(C)CCCCC2)=NN(c2ccc(Cl)cc2Cl)[C@H]1c1cc(Br)cs1.[I-]. The molecule has 1 aromatic heterocycles. The quantitative estimate of drug-likeness (QED) is 0.387. The van der Waals surface area contributed by atoms with Crippen LogP contribution in [0.3, 0.4) is 0 Å². The Morgan fingerprint density at radius 3 is 2.59 bits per heavy atom. The van der Waals surface area contributed by atoms with Crippen LogP contribution < -0.4 is 34.4 Å². The summed E-state index contributed by atoms with van der Waals surface area (Å²) < 4.78 is 1.33. The molecule has 0 unspecified atom stereocenters. The minimum absolute atomic E-state index is 0. The van der Waals surface area contributed by atoms with Gasteiger partial charge in [0, 0.05) is 19.8 Å². The minimum Gasteiger partial charge on any atom is -1.00 e. The van der Waals surface area contributed by atoms with Gasteiger partial charge in [0.15, 0.2) is 5.71 Å². The highest BCUT2D eigenvalue weighted by Gasteiger charge is 2.52. The Morgan fingerprint density at radius 2 is 2.00 bits per heavy atom. The number of thiophene rings is 1. The van der Waals surface area contributed by atoms with E-state index in [4.69, 9.17) is 23.2 Å². The molecule has 1 aromatic carbocycles. The molecule has 0 saturated carbocycles. The van der Waals surface area contributed by atoms with Gasteiger partial charge in [-0.15, -0.1) is 11.3 Å². The molecule has 2 aliphatic heterocycles. The number of hydrazone groups is 1. The summed E-state index contributed by atoms with van der Waals surface area (Å²) in [6, 6.07) is 6.40. The maximum Gasteiger partial charge on any atom is 0.315 e. The molecule has 4 rings (SSSR count). The molecule has 32 heavy (non-hydrogen) atoms. The average molecular weight is 674 g/mol. The molecule has 2 aromatic rings. The van der Waals surface area contributed by atoms with Crippen LogP contribution in [-0.2, 0) is 4.79 Å². The number of anilines is 1. The van der Waals surface area contributed by atoms with Crippen molar-refractivity contribution in [3.8, 4) is 0 Å². The van der Waals surface area contributed by atoms with Crippen molar-refractivity contribution < 1.29 is 38.5 Å². The molecule has 0 bridgehead atoms. The molecule has 0 radical (unpaired) electrons. The number of hydrogen-bond donors (Lipinski definition) is 2. The van der Waals surface area contributed by atoms with Crippen LogP contribution in [0.5, 0.6) is 0 Å². The molecule has 1 amide bonds. The molecule has 1 saturated heterocycles. The number of carbonyl (C=O) groups excluding carboxylic acids is 1. The van der Waals surface area contributed by atoms with Crippen molar-refractivity contribution in [1.29, 1.82) is 0 Å². The lowest BCUT2D eigenvalue weighted by molar-refractivity contribution is -0.947. The zero-order chi connectivity index (χ0) is 22.4. The molecule has 0 aliphatic carbocycles. The predicted molar refractivity (Wildman–Crippen MR) is 130 cm³/mol. The predicted octanol–water partition coefficient (Wildman–Crippen LogP) is 2.15. The third kappa shape index (κ3) is 5.13. The maximum absolute atomic E-state index is 13.3. The summed E-state index contributed by atoms with van der Waals surface area (Å²) in [6.07, 6.45) is 3.27. The minimum atomic E-state index is -1.54. The molecule has 3 heterocycles. The number of quaternary nitrogens is 1. The van der Waals surface area contributed by atoms with Crippen LogP contribution in [-0.4, -0.2) is 47.1 Å². The first-order chi connectivity index (χ1) is 14.6. The second kappa shape index (κ2) is 10.1. The van der Waals surface area contributed by atoms with E-state index >= 15 is 0 Å². The zero-order valence-corrected chi connectivity index (χ0v) is 23.7. The van der Waals surface area contributed by atoms with Crippen molar-refractivity contribution in [3.05, 3.63) is 49.0 Å². The number of halogens is 4. The van der Waals surface area contributed by atoms with Gasteiger partial charge in [-0.25, -0.2) is 4.59 Å². The normalized spacial score (nSPS) is 24.6. The smallest absolute Gasteiger partial charge is 0.315 e. The van der Waals surface area contributed by atoms with Crippen LogP contribution in [0.25, 0.3) is 0 Å². The van der Waals surface area contributed by atoms with Gasteiger partial charge in [-0.2, -0.15) is 10.5 Å². The summed E-state index contributed by atoms with van der Waals surface area (Å²) in [5.41, 5.74) is 2.19. The van der Waals surface area contributed by atoms with Crippen molar-refractivity contribution >= 4 is 67.8 Å². The standard InChI is InChI=1S/C21H23BrCl2N4O2S.HI/c1-21(30)18(20(29)26-28(2)8-4-3-5-9-28)25-27(16-7-6-14(23)11-15(16)24)19(21)17-10-13(22)12-31-17;/h6-7,10-12,19,30H,3-5,8-9H2,1-2H3;1H/t19-,21+;/m0./s1. The monoisotopic (exact) mass is 672 g/mol. The van der Waals surface area contributed by atoms with E-state index in [1.54, 1.807) is 30.1 Å². The molecule has 2 atom stereocenters. The van der Waals surface area contributed by atoms with Gasteiger partial charge in [-0.05, 0) is 66.4 Å². The van der Waals surface area contributed by atoms with Crippen LogP contribution >= 0.6 is 50.5 Å². The number of piperidine rings is 1. The van der Waals surface area contributed by atoms with E-state index < -0.39 is 11.6 Å². The van der Waals surface area contributed by atoms with Crippen molar-refractivity contribution in [1.82, 2.24) is 5.43 Å². The number of aliphatic hydroxyl groups is 1. The van der Waals surface area contributed by atoms with Gasteiger partial charge in [0.25, 0.3) is 0 Å². The molecule has 174 valence electrons. The van der Waals surface area contributed by atoms with Gasteiger partial charge in [0.1, 0.15) is 24.7 Å².